The van der Waals surface area contributed by atoms with Gasteiger partial charge in [0.25, 0.3) is 0 Å². The van der Waals surface area contributed by atoms with Gasteiger partial charge in [0.05, 0.1) is 18.5 Å². The van der Waals surface area contributed by atoms with Crippen LogP contribution in [0, 0.1) is 17.8 Å². The van der Waals surface area contributed by atoms with Crippen LogP contribution in [-0.2, 0) is 29.1 Å². The first-order valence-electron chi connectivity index (χ1n) is 30.6. The molecule has 0 bridgehead atoms. The molecule has 1 saturated heterocycles. The van der Waals surface area contributed by atoms with Crippen LogP contribution in [0.5, 0.6) is 0 Å². The molecule has 1 aliphatic rings. The topological polar surface area (TPSA) is 93.2 Å². The SMILES string of the molecule is CCCCCCCC(CC)S(=O)(=O)N(CC1CCN(C)CC1)C(CCCCCCCCC(=O)OCC(CCCC)CCCCCC)CCCCCCCCC(=O)OCC(CCCC)CCCCCC. The molecule has 0 aromatic heterocycles. The summed E-state index contributed by atoms with van der Waals surface area (Å²) in [5.74, 6) is 1.37. The molecule has 0 N–H and O–H groups in total. The Morgan fingerprint density at radius 2 is 0.826 bits per heavy atom. The number of piperidine rings is 1. The first-order chi connectivity index (χ1) is 33.6. The number of carbonyl (C=O) groups is 2. The molecule has 410 valence electrons. The summed E-state index contributed by atoms with van der Waals surface area (Å²) in [5, 5.41) is -0.299. The fourth-order valence-corrected chi connectivity index (χ4v) is 13.0. The minimum absolute atomic E-state index is 0.0280. The van der Waals surface area contributed by atoms with Crippen molar-refractivity contribution in [2.24, 2.45) is 17.8 Å². The van der Waals surface area contributed by atoms with Crippen molar-refractivity contribution >= 4 is 22.0 Å². The molecule has 0 aromatic carbocycles. The highest BCUT2D eigenvalue weighted by Crippen LogP contribution is 2.30. The van der Waals surface area contributed by atoms with Gasteiger partial charge in [0.15, 0.2) is 0 Å². The Labute approximate surface area is 430 Å². The van der Waals surface area contributed by atoms with Gasteiger partial charge in [-0.1, -0.05) is 215 Å². The molecule has 69 heavy (non-hydrogen) atoms. The lowest BCUT2D eigenvalue weighted by molar-refractivity contribution is -0.146. The maximum atomic E-state index is 14.9. The van der Waals surface area contributed by atoms with Crippen LogP contribution in [0.25, 0.3) is 0 Å². The first kappa shape index (κ1) is 65.8. The molecule has 1 aliphatic heterocycles. The predicted molar refractivity (Wildman–Crippen MR) is 296 cm³/mol. The standard InChI is InChI=1S/C60H118N2O6S/c1-8-14-19-26-35-44-58(13-6)69(65,66)62(51-54-47-49-61(7)50-48-54)57(42-33-27-22-24-29-36-45-59(63)67-52-55(38-17-11-4)40-31-20-15-9-2)43-34-28-23-25-30-37-46-60(64)68-53-56(39-18-12-5)41-32-21-16-10-3/h54-58H,8-53H2,1-7H3. The normalized spacial score (nSPS) is 15.7. The maximum Gasteiger partial charge on any atom is 0.305 e. The van der Waals surface area contributed by atoms with Crippen molar-refractivity contribution in [2.45, 2.75) is 316 Å². The molecule has 0 aromatic rings. The van der Waals surface area contributed by atoms with Gasteiger partial charge in [0, 0.05) is 25.4 Å². The van der Waals surface area contributed by atoms with Crippen LogP contribution in [0.3, 0.4) is 0 Å². The zero-order valence-corrected chi connectivity index (χ0v) is 48.0. The van der Waals surface area contributed by atoms with E-state index >= 15 is 0 Å². The highest BCUT2D eigenvalue weighted by atomic mass is 32.2. The molecule has 1 heterocycles. The van der Waals surface area contributed by atoms with Gasteiger partial charge >= 0.3 is 11.9 Å². The Bertz CT molecular complexity index is 1220. The molecular formula is C60H118N2O6S. The van der Waals surface area contributed by atoms with Gasteiger partial charge in [-0.2, -0.15) is 4.31 Å². The molecule has 0 aliphatic carbocycles. The molecule has 1 rings (SSSR count). The molecule has 3 atom stereocenters. The van der Waals surface area contributed by atoms with Crippen molar-refractivity contribution in [1.29, 1.82) is 0 Å². The van der Waals surface area contributed by atoms with Crippen molar-refractivity contribution in [2.75, 3.05) is 39.9 Å². The van der Waals surface area contributed by atoms with Crippen molar-refractivity contribution < 1.29 is 27.5 Å². The largest absolute Gasteiger partial charge is 0.465 e. The second-order valence-electron chi connectivity index (χ2n) is 22.1. The molecule has 0 radical (unpaired) electrons. The number of nitrogens with zero attached hydrogens (tertiary/aromatic N) is 2. The Morgan fingerprint density at radius 1 is 0.478 bits per heavy atom. The summed E-state index contributed by atoms with van der Waals surface area (Å²) in [4.78, 5) is 27.8. The fraction of sp³-hybridized carbons (Fsp3) is 0.967. The van der Waals surface area contributed by atoms with Gasteiger partial charge in [-0.3, -0.25) is 9.59 Å². The van der Waals surface area contributed by atoms with E-state index in [0.29, 0.717) is 56.8 Å². The van der Waals surface area contributed by atoms with Crippen LogP contribution >= 0.6 is 0 Å². The number of hydrogen-bond acceptors (Lipinski definition) is 7. The van der Waals surface area contributed by atoms with E-state index in [4.69, 9.17) is 9.47 Å². The van der Waals surface area contributed by atoms with E-state index in [1.54, 1.807) is 0 Å². The molecule has 3 unspecified atom stereocenters. The van der Waals surface area contributed by atoms with Crippen LogP contribution in [0.15, 0.2) is 0 Å². The van der Waals surface area contributed by atoms with E-state index in [9.17, 15) is 18.0 Å². The van der Waals surface area contributed by atoms with Crippen LogP contribution in [0.2, 0.25) is 0 Å². The monoisotopic (exact) mass is 995 g/mol. The number of unbranched alkanes of at least 4 members (excludes halogenated alkanes) is 22. The number of rotatable bonds is 50. The molecule has 8 nitrogen and oxygen atoms in total. The number of likely N-dealkylation sites (tertiary alicyclic amines) is 1. The quantitative estimate of drug-likeness (QED) is 0.0443. The van der Waals surface area contributed by atoms with Gasteiger partial charge < -0.3 is 14.4 Å². The van der Waals surface area contributed by atoms with E-state index < -0.39 is 10.0 Å². The number of ether oxygens (including phenoxy) is 2. The van der Waals surface area contributed by atoms with E-state index in [-0.39, 0.29) is 23.2 Å². The summed E-state index contributed by atoms with van der Waals surface area (Å²) in [5.41, 5.74) is 0. The van der Waals surface area contributed by atoms with E-state index in [1.807, 2.05) is 0 Å². The van der Waals surface area contributed by atoms with Crippen LogP contribution < -0.4 is 0 Å². The van der Waals surface area contributed by atoms with Crippen LogP contribution in [-0.4, -0.2) is 80.7 Å². The summed E-state index contributed by atoms with van der Waals surface area (Å²) in [7, 11) is -1.26. The van der Waals surface area contributed by atoms with Crippen molar-refractivity contribution in [3.8, 4) is 0 Å². The maximum absolute atomic E-state index is 14.9. The minimum atomic E-state index is -3.46. The van der Waals surface area contributed by atoms with Gasteiger partial charge in [0.2, 0.25) is 10.0 Å². The molecule has 0 saturated carbocycles. The van der Waals surface area contributed by atoms with Gasteiger partial charge in [-0.25, -0.2) is 8.42 Å². The van der Waals surface area contributed by atoms with Crippen molar-refractivity contribution in [3.63, 3.8) is 0 Å². The average molecular weight is 996 g/mol. The first-order valence-corrected chi connectivity index (χ1v) is 32.1. The Kier molecular flexibility index (Phi) is 43.3. The number of carbonyl (C=O) groups excluding carboxylic acids is 2. The second kappa shape index (κ2) is 45.4. The highest BCUT2D eigenvalue weighted by Gasteiger charge is 2.37. The fourth-order valence-electron chi connectivity index (χ4n) is 10.7. The van der Waals surface area contributed by atoms with Crippen LogP contribution in [0.1, 0.15) is 305 Å². The van der Waals surface area contributed by atoms with Gasteiger partial charge in [0.1, 0.15) is 0 Å². The highest BCUT2D eigenvalue weighted by molar-refractivity contribution is 7.89. The second-order valence-corrected chi connectivity index (χ2v) is 24.3. The lowest BCUT2D eigenvalue weighted by atomic mass is 9.95. The summed E-state index contributed by atoms with van der Waals surface area (Å²) >= 11 is 0. The predicted octanol–water partition coefficient (Wildman–Crippen LogP) is 17.3. The summed E-state index contributed by atoms with van der Waals surface area (Å²) in [6.45, 7) is 17.3. The van der Waals surface area contributed by atoms with E-state index in [0.717, 1.165) is 148 Å². The third kappa shape index (κ3) is 34.8. The summed E-state index contributed by atoms with van der Waals surface area (Å²) in [6, 6.07) is 0.0499. The Morgan fingerprint density at radius 3 is 1.25 bits per heavy atom. The zero-order chi connectivity index (χ0) is 50.6. The van der Waals surface area contributed by atoms with E-state index in [1.165, 1.54) is 109 Å². The molecular weight excluding hydrogens is 877 g/mol. The average Bonchev–Trinajstić information content (AvgIpc) is 3.34. The number of sulfonamides is 1. The Hall–Kier alpha value is -1.19. The Balaban J connectivity index is 2.82. The molecule has 9 heteroatoms. The van der Waals surface area contributed by atoms with E-state index in [2.05, 4.69) is 57.8 Å². The smallest absolute Gasteiger partial charge is 0.305 e. The lowest BCUT2D eigenvalue weighted by Gasteiger charge is -2.38. The minimum Gasteiger partial charge on any atom is -0.465 e. The lowest BCUT2D eigenvalue weighted by Crippen LogP contribution is -2.48. The summed E-state index contributed by atoms with van der Waals surface area (Å²) in [6.07, 6.45) is 44.5. The van der Waals surface area contributed by atoms with Gasteiger partial charge in [-0.05, 0) is 115 Å². The van der Waals surface area contributed by atoms with Gasteiger partial charge in [-0.15, -0.1) is 0 Å². The number of esters is 2. The molecule has 0 spiro atoms. The third-order valence-electron chi connectivity index (χ3n) is 15.7. The van der Waals surface area contributed by atoms with Crippen molar-refractivity contribution in [3.05, 3.63) is 0 Å². The molecule has 1 fully saturated rings. The zero-order valence-electron chi connectivity index (χ0n) is 47.2. The van der Waals surface area contributed by atoms with Crippen molar-refractivity contribution in [1.82, 2.24) is 9.21 Å². The number of hydrogen-bond donors (Lipinski definition) is 0. The third-order valence-corrected chi connectivity index (χ3v) is 18.2. The molecule has 0 amide bonds. The summed E-state index contributed by atoms with van der Waals surface area (Å²) < 4.78 is 43.5. The van der Waals surface area contributed by atoms with Crippen LogP contribution in [0.4, 0.5) is 0 Å².